The fourth-order valence-electron chi connectivity index (χ4n) is 3.41. The van der Waals surface area contributed by atoms with Crippen LogP contribution in [0.15, 0.2) is 29.6 Å². The van der Waals surface area contributed by atoms with E-state index in [2.05, 4.69) is 35.0 Å². The van der Waals surface area contributed by atoms with Crippen LogP contribution < -0.4 is 5.32 Å². The van der Waals surface area contributed by atoms with Crippen LogP contribution in [0.25, 0.3) is 10.1 Å². The number of amides is 2. The van der Waals surface area contributed by atoms with E-state index in [1.54, 1.807) is 11.3 Å². The zero-order chi connectivity index (χ0) is 16.5. The predicted molar refractivity (Wildman–Crippen MR) is 95.7 cm³/mol. The molecular weight excluding hydrogens is 320 g/mol. The van der Waals surface area contributed by atoms with Crippen LogP contribution in [-0.4, -0.2) is 29.8 Å². The Morgan fingerprint density at radius 2 is 1.88 bits per heavy atom. The summed E-state index contributed by atoms with van der Waals surface area (Å²) in [5, 5.41) is 6.39. The van der Waals surface area contributed by atoms with Gasteiger partial charge in [0, 0.05) is 36.2 Å². The molecule has 1 saturated carbocycles. The summed E-state index contributed by atoms with van der Waals surface area (Å²) in [7, 11) is 0. The zero-order valence-electron chi connectivity index (χ0n) is 13.7. The fourth-order valence-corrected chi connectivity index (χ4v) is 4.18. The number of carbonyl (C=O) groups is 2. The number of hydrogen-bond donors (Lipinski definition) is 1. The molecule has 0 spiro atoms. The molecule has 2 heterocycles. The van der Waals surface area contributed by atoms with Crippen molar-refractivity contribution in [3.63, 3.8) is 0 Å². The predicted octanol–water partition coefficient (Wildman–Crippen LogP) is 3.17. The Labute approximate surface area is 145 Å². The minimum absolute atomic E-state index is 0.0399. The lowest BCUT2D eigenvalue weighted by Gasteiger charge is -2.31. The van der Waals surface area contributed by atoms with E-state index < -0.39 is 0 Å². The van der Waals surface area contributed by atoms with E-state index in [-0.39, 0.29) is 17.7 Å². The van der Waals surface area contributed by atoms with Gasteiger partial charge in [0.15, 0.2) is 0 Å². The molecule has 2 aliphatic rings. The molecule has 1 aromatic carbocycles. The first-order valence-electron chi connectivity index (χ1n) is 8.73. The van der Waals surface area contributed by atoms with Gasteiger partial charge in [0.25, 0.3) is 0 Å². The first kappa shape index (κ1) is 15.6. The molecule has 2 fully saturated rings. The van der Waals surface area contributed by atoms with E-state index in [1.165, 1.54) is 10.1 Å². The van der Waals surface area contributed by atoms with Crippen molar-refractivity contribution in [3.8, 4) is 0 Å². The van der Waals surface area contributed by atoms with Crippen molar-refractivity contribution in [2.24, 2.45) is 11.8 Å². The summed E-state index contributed by atoms with van der Waals surface area (Å²) in [6.07, 6.45) is 3.67. The summed E-state index contributed by atoms with van der Waals surface area (Å²) in [6, 6.07) is 8.44. The molecule has 1 aliphatic heterocycles. The lowest BCUT2D eigenvalue weighted by molar-refractivity contribution is -0.136. The molecule has 1 saturated heterocycles. The van der Waals surface area contributed by atoms with E-state index in [9.17, 15) is 9.59 Å². The van der Waals surface area contributed by atoms with Gasteiger partial charge in [-0.1, -0.05) is 6.07 Å². The molecule has 0 bridgehead atoms. The number of likely N-dealkylation sites (tertiary alicyclic amines) is 1. The molecule has 5 heteroatoms. The maximum atomic E-state index is 12.4. The Morgan fingerprint density at radius 1 is 1.08 bits per heavy atom. The van der Waals surface area contributed by atoms with Gasteiger partial charge in [-0.2, -0.15) is 0 Å². The van der Waals surface area contributed by atoms with E-state index in [0.717, 1.165) is 44.3 Å². The molecule has 1 aliphatic carbocycles. The van der Waals surface area contributed by atoms with Crippen LogP contribution in [-0.2, 0) is 16.1 Å². The largest absolute Gasteiger partial charge is 0.352 e. The molecule has 0 unspecified atom stereocenters. The van der Waals surface area contributed by atoms with Gasteiger partial charge in [-0.25, -0.2) is 0 Å². The summed E-state index contributed by atoms with van der Waals surface area (Å²) >= 11 is 1.73. The number of fused-ring (bicyclic) bond motifs is 1. The van der Waals surface area contributed by atoms with Crippen LogP contribution in [0, 0.1) is 11.8 Å². The van der Waals surface area contributed by atoms with E-state index in [0.29, 0.717) is 12.5 Å². The second kappa shape index (κ2) is 6.55. The van der Waals surface area contributed by atoms with Crippen LogP contribution in [0.4, 0.5) is 0 Å². The average molecular weight is 342 g/mol. The standard InChI is InChI=1S/C19H22N2O2S/c22-18(14-5-8-21(9-6-14)19(23)15-2-3-15)20-12-13-1-4-17-16(11-13)7-10-24-17/h1,4,7,10-11,14-15H,2-3,5-6,8-9,12H2,(H,20,22). The Hall–Kier alpha value is -1.88. The van der Waals surface area contributed by atoms with Gasteiger partial charge in [-0.3, -0.25) is 9.59 Å². The highest BCUT2D eigenvalue weighted by Crippen LogP contribution is 2.32. The molecular formula is C19H22N2O2S. The number of thiophene rings is 1. The second-order valence-corrected chi connectivity index (χ2v) is 7.83. The molecule has 1 aromatic heterocycles. The van der Waals surface area contributed by atoms with Gasteiger partial charge in [-0.05, 0) is 60.2 Å². The normalized spacial score (nSPS) is 18.8. The van der Waals surface area contributed by atoms with Gasteiger partial charge >= 0.3 is 0 Å². The molecule has 4 nitrogen and oxygen atoms in total. The first-order chi connectivity index (χ1) is 11.7. The first-order valence-corrected chi connectivity index (χ1v) is 9.61. The second-order valence-electron chi connectivity index (χ2n) is 6.88. The summed E-state index contributed by atoms with van der Waals surface area (Å²) in [5.41, 5.74) is 1.13. The van der Waals surface area contributed by atoms with Crippen LogP contribution in [0.3, 0.4) is 0 Å². The van der Waals surface area contributed by atoms with Gasteiger partial charge in [0.2, 0.25) is 11.8 Å². The molecule has 2 amide bonds. The summed E-state index contributed by atoms with van der Waals surface area (Å²) < 4.78 is 1.28. The maximum absolute atomic E-state index is 12.4. The van der Waals surface area contributed by atoms with Crippen LogP contribution >= 0.6 is 11.3 Å². The summed E-state index contributed by atoms with van der Waals surface area (Å²) in [4.78, 5) is 26.4. The van der Waals surface area contributed by atoms with Gasteiger partial charge in [0.1, 0.15) is 0 Å². The third-order valence-electron chi connectivity index (χ3n) is 5.09. The maximum Gasteiger partial charge on any atom is 0.225 e. The van der Waals surface area contributed by atoms with Crippen molar-refractivity contribution in [2.45, 2.75) is 32.2 Å². The van der Waals surface area contributed by atoms with Crippen molar-refractivity contribution < 1.29 is 9.59 Å². The number of hydrogen-bond acceptors (Lipinski definition) is 3. The van der Waals surface area contributed by atoms with E-state index in [4.69, 9.17) is 0 Å². The Morgan fingerprint density at radius 3 is 2.62 bits per heavy atom. The van der Waals surface area contributed by atoms with Crippen molar-refractivity contribution in [1.29, 1.82) is 0 Å². The highest BCUT2D eigenvalue weighted by Gasteiger charge is 2.35. The Kier molecular flexibility index (Phi) is 4.27. The van der Waals surface area contributed by atoms with Crippen LogP contribution in [0.5, 0.6) is 0 Å². The van der Waals surface area contributed by atoms with Gasteiger partial charge in [0.05, 0.1) is 0 Å². The van der Waals surface area contributed by atoms with Crippen LogP contribution in [0.1, 0.15) is 31.2 Å². The fraction of sp³-hybridized carbons (Fsp3) is 0.474. The zero-order valence-corrected chi connectivity index (χ0v) is 14.5. The van der Waals surface area contributed by atoms with E-state index >= 15 is 0 Å². The Bertz CT molecular complexity index is 758. The SMILES string of the molecule is O=C(NCc1ccc2sccc2c1)C1CCN(C(=O)C2CC2)CC1. The third kappa shape index (κ3) is 3.31. The molecule has 24 heavy (non-hydrogen) atoms. The molecule has 4 rings (SSSR count). The average Bonchev–Trinajstić information content (AvgIpc) is 3.37. The Balaban J connectivity index is 1.28. The molecule has 126 valence electrons. The van der Waals surface area contributed by atoms with Gasteiger partial charge in [-0.15, -0.1) is 11.3 Å². The highest BCUT2D eigenvalue weighted by atomic mass is 32.1. The number of rotatable bonds is 4. The monoisotopic (exact) mass is 342 g/mol. The van der Waals surface area contributed by atoms with Crippen LogP contribution in [0.2, 0.25) is 0 Å². The minimum atomic E-state index is 0.0399. The lowest BCUT2D eigenvalue weighted by Crippen LogP contribution is -2.43. The number of piperidine rings is 1. The third-order valence-corrected chi connectivity index (χ3v) is 5.99. The number of nitrogens with zero attached hydrogens (tertiary/aromatic N) is 1. The van der Waals surface area contributed by atoms with E-state index in [1.807, 2.05) is 4.90 Å². The number of nitrogens with one attached hydrogen (secondary N) is 1. The molecule has 0 atom stereocenters. The highest BCUT2D eigenvalue weighted by molar-refractivity contribution is 7.17. The number of benzene rings is 1. The van der Waals surface area contributed by atoms with Gasteiger partial charge < -0.3 is 10.2 Å². The lowest BCUT2D eigenvalue weighted by atomic mass is 9.95. The van der Waals surface area contributed by atoms with Crippen molar-refractivity contribution in [3.05, 3.63) is 35.2 Å². The number of carbonyl (C=O) groups excluding carboxylic acids is 2. The van der Waals surface area contributed by atoms with Crippen molar-refractivity contribution in [2.75, 3.05) is 13.1 Å². The molecule has 0 radical (unpaired) electrons. The van der Waals surface area contributed by atoms with Crippen molar-refractivity contribution >= 4 is 33.2 Å². The molecule has 2 aromatic rings. The summed E-state index contributed by atoms with van der Waals surface area (Å²) in [5.74, 6) is 0.748. The van der Waals surface area contributed by atoms with Crippen molar-refractivity contribution in [1.82, 2.24) is 10.2 Å². The molecule has 1 N–H and O–H groups in total. The topological polar surface area (TPSA) is 49.4 Å². The quantitative estimate of drug-likeness (QED) is 0.928. The minimum Gasteiger partial charge on any atom is -0.352 e. The summed E-state index contributed by atoms with van der Waals surface area (Å²) in [6.45, 7) is 2.04. The smallest absolute Gasteiger partial charge is 0.225 e.